The van der Waals surface area contributed by atoms with Gasteiger partial charge in [0, 0.05) is 24.4 Å². The van der Waals surface area contributed by atoms with Gasteiger partial charge in [0.25, 0.3) is 0 Å². The van der Waals surface area contributed by atoms with E-state index in [2.05, 4.69) is 17.4 Å². The van der Waals surface area contributed by atoms with E-state index in [0.717, 1.165) is 17.0 Å². The molecule has 2 aromatic carbocycles. The minimum Gasteiger partial charge on any atom is -0.483 e. The third-order valence-corrected chi connectivity index (χ3v) is 5.29. The first kappa shape index (κ1) is 21.0. The standard InChI is InChI=1S/C25H27NO5/c1-4-28-22-19-15-18(26-16-17-9-6-5-7-10-17)12-13-20(19)31-25(2,3)23(22)30-24(27)21-11-8-14-29-21/h5-15,22-23,26H,4,16H2,1-3H3. The number of benzene rings is 2. The van der Waals surface area contributed by atoms with Gasteiger partial charge in [0.15, 0.2) is 6.10 Å². The monoisotopic (exact) mass is 421 g/mol. The van der Waals surface area contributed by atoms with Crippen molar-refractivity contribution in [3.05, 3.63) is 83.8 Å². The molecule has 6 nitrogen and oxygen atoms in total. The number of carbonyl (C=O) groups excluding carboxylic acids is 1. The number of hydrogen-bond acceptors (Lipinski definition) is 6. The Morgan fingerprint density at radius 1 is 1.10 bits per heavy atom. The molecule has 0 radical (unpaired) electrons. The molecule has 2 atom stereocenters. The summed E-state index contributed by atoms with van der Waals surface area (Å²) in [7, 11) is 0. The van der Waals surface area contributed by atoms with Crippen molar-refractivity contribution in [2.24, 2.45) is 0 Å². The van der Waals surface area contributed by atoms with Gasteiger partial charge in [-0.2, -0.15) is 0 Å². The summed E-state index contributed by atoms with van der Waals surface area (Å²) in [6, 6.07) is 19.3. The topological polar surface area (TPSA) is 69.9 Å². The number of nitrogens with one attached hydrogen (secondary N) is 1. The van der Waals surface area contributed by atoms with Crippen LogP contribution in [0, 0.1) is 0 Å². The molecular formula is C25H27NO5. The maximum absolute atomic E-state index is 12.6. The van der Waals surface area contributed by atoms with E-state index in [1.165, 1.54) is 11.8 Å². The molecule has 1 aliphatic rings. The van der Waals surface area contributed by atoms with Crippen LogP contribution in [0.4, 0.5) is 5.69 Å². The fraction of sp³-hybridized carbons (Fsp3) is 0.320. The molecule has 0 amide bonds. The number of carbonyl (C=O) groups is 1. The zero-order chi connectivity index (χ0) is 21.8. The molecule has 162 valence electrons. The molecule has 0 fully saturated rings. The second-order valence-corrected chi connectivity index (χ2v) is 7.98. The molecule has 1 aromatic heterocycles. The highest BCUT2D eigenvalue weighted by Crippen LogP contribution is 2.44. The Bertz CT molecular complexity index is 1010. The van der Waals surface area contributed by atoms with Crippen LogP contribution in [-0.2, 0) is 16.0 Å². The lowest BCUT2D eigenvalue weighted by molar-refractivity contribution is -0.138. The Labute approximate surface area is 182 Å². The van der Waals surface area contributed by atoms with Crippen LogP contribution in [0.25, 0.3) is 0 Å². The molecule has 0 bridgehead atoms. The Hall–Kier alpha value is -3.25. The number of hydrogen-bond donors (Lipinski definition) is 1. The molecule has 1 aliphatic heterocycles. The van der Waals surface area contributed by atoms with Gasteiger partial charge in [0.1, 0.15) is 17.5 Å². The highest BCUT2D eigenvalue weighted by molar-refractivity contribution is 5.86. The summed E-state index contributed by atoms with van der Waals surface area (Å²) in [5, 5.41) is 3.44. The van der Waals surface area contributed by atoms with Gasteiger partial charge in [-0.3, -0.25) is 0 Å². The SMILES string of the molecule is CCOC1c2cc(NCc3ccccc3)ccc2OC(C)(C)C1OC(=O)c1ccco1. The lowest BCUT2D eigenvalue weighted by Crippen LogP contribution is -2.51. The molecule has 0 saturated carbocycles. The zero-order valence-corrected chi connectivity index (χ0v) is 18.0. The van der Waals surface area contributed by atoms with E-state index >= 15 is 0 Å². The number of esters is 1. The molecule has 0 aliphatic carbocycles. The van der Waals surface area contributed by atoms with Crippen molar-refractivity contribution in [3.8, 4) is 5.75 Å². The van der Waals surface area contributed by atoms with Gasteiger partial charge in [0.2, 0.25) is 5.76 Å². The second-order valence-electron chi connectivity index (χ2n) is 7.98. The average Bonchev–Trinajstić information content (AvgIpc) is 3.30. The van der Waals surface area contributed by atoms with E-state index in [4.69, 9.17) is 18.6 Å². The molecule has 4 rings (SSSR count). The van der Waals surface area contributed by atoms with E-state index in [1.54, 1.807) is 12.1 Å². The normalized spacial score (nSPS) is 19.2. The van der Waals surface area contributed by atoms with Gasteiger partial charge in [0.05, 0.1) is 6.26 Å². The van der Waals surface area contributed by atoms with Crippen molar-refractivity contribution in [1.82, 2.24) is 0 Å². The highest BCUT2D eigenvalue weighted by Gasteiger charge is 2.47. The first-order valence-corrected chi connectivity index (χ1v) is 10.4. The quantitative estimate of drug-likeness (QED) is 0.518. The molecule has 0 spiro atoms. The van der Waals surface area contributed by atoms with Crippen molar-refractivity contribution in [1.29, 1.82) is 0 Å². The third kappa shape index (κ3) is 4.59. The van der Waals surface area contributed by atoms with Crippen LogP contribution in [0.1, 0.15) is 48.6 Å². The van der Waals surface area contributed by atoms with E-state index in [1.807, 2.05) is 57.2 Å². The Kier molecular flexibility index (Phi) is 6.00. The molecule has 2 heterocycles. The summed E-state index contributed by atoms with van der Waals surface area (Å²) in [6.07, 6.45) is 0.321. The van der Waals surface area contributed by atoms with E-state index in [0.29, 0.717) is 13.2 Å². The zero-order valence-electron chi connectivity index (χ0n) is 18.0. The Morgan fingerprint density at radius 2 is 1.90 bits per heavy atom. The van der Waals surface area contributed by atoms with Crippen LogP contribution in [0.3, 0.4) is 0 Å². The summed E-state index contributed by atoms with van der Waals surface area (Å²) in [6.45, 7) is 6.87. The van der Waals surface area contributed by atoms with E-state index < -0.39 is 23.8 Å². The van der Waals surface area contributed by atoms with E-state index in [9.17, 15) is 4.79 Å². The minimum atomic E-state index is -0.784. The Balaban J connectivity index is 1.60. The fourth-order valence-corrected chi connectivity index (χ4v) is 3.77. The smallest absolute Gasteiger partial charge is 0.374 e. The number of ether oxygens (including phenoxy) is 3. The van der Waals surface area contributed by atoms with Crippen molar-refractivity contribution in [3.63, 3.8) is 0 Å². The summed E-state index contributed by atoms with van der Waals surface area (Å²) in [4.78, 5) is 12.6. The highest BCUT2D eigenvalue weighted by atomic mass is 16.6. The van der Waals surface area contributed by atoms with Gasteiger partial charge in [-0.15, -0.1) is 0 Å². The summed E-state index contributed by atoms with van der Waals surface area (Å²) < 4.78 is 23.3. The van der Waals surface area contributed by atoms with Crippen LogP contribution >= 0.6 is 0 Å². The molecule has 2 unspecified atom stereocenters. The fourth-order valence-electron chi connectivity index (χ4n) is 3.77. The van der Waals surface area contributed by atoms with Gasteiger partial charge in [-0.1, -0.05) is 30.3 Å². The predicted molar refractivity (Wildman–Crippen MR) is 117 cm³/mol. The van der Waals surface area contributed by atoms with E-state index in [-0.39, 0.29) is 5.76 Å². The van der Waals surface area contributed by atoms with Crippen LogP contribution in [0.5, 0.6) is 5.75 Å². The van der Waals surface area contributed by atoms with Gasteiger partial charge in [-0.05, 0) is 56.7 Å². The summed E-state index contributed by atoms with van der Waals surface area (Å²) in [5.41, 5.74) is 2.18. The van der Waals surface area contributed by atoms with Crippen LogP contribution in [0.15, 0.2) is 71.3 Å². The van der Waals surface area contributed by atoms with Crippen LogP contribution < -0.4 is 10.1 Å². The summed E-state index contributed by atoms with van der Waals surface area (Å²) >= 11 is 0. The van der Waals surface area contributed by atoms with Crippen molar-refractivity contribution in [2.45, 2.75) is 45.1 Å². The van der Waals surface area contributed by atoms with Crippen molar-refractivity contribution >= 4 is 11.7 Å². The maximum Gasteiger partial charge on any atom is 0.374 e. The average molecular weight is 421 g/mol. The van der Waals surface area contributed by atoms with Gasteiger partial charge < -0.3 is 23.9 Å². The van der Waals surface area contributed by atoms with Gasteiger partial charge in [-0.25, -0.2) is 4.79 Å². The maximum atomic E-state index is 12.6. The largest absolute Gasteiger partial charge is 0.483 e. The number of furan rings is 1. The van der Waals surface area contributed by atoms with Gasteiger partial charge >= 0.3 is 5.97 Å². The second kappa shape index (κ2) is 8.86. The lowest BCUT2D eigenvalue weighted by Gasteiger charge is -2.43. The molecule has 3 aromatic rings. The molecule has 6 heteroatoms. The third-order valence-electron chi connectivity index (χ3n) is 5.29. The molecular weight excluding hydrogens is 394 g/mol. The predicted octanol–water partition coefficient (Wildman–Crippen LogP) is 5.37. The van der Waals surface area contributed by atoms with Crippen molar-refractivity contribution in [2.75, 3.05) is 11.9 Å². The first-order chi connectivity index (χ1) is 15.0. The molecule has 31 heavy (non-hydrogen) atoms. The van der Waals surface area contributed by atoms with Crippen molar-refractivity contribution < 1.29 is 23.4 Å². The van der Waals surface area contributed by atoms with Crippen LogP contribution in [0.2, 0.25) is 0 Å². The van der Waals surface area contributed by atoms with Crippen LogP contribution in [-0.4, -0.2) is 24.3 Å². The molecule has 1 N–H and O–H groups in total. The summed E-state index contributed by atoms with van der Waals surface area (Å²) in [5.74, 6) is 0.326. The minimum absolute atomic E-state index is 0.148. The number of fused-ring (bicyclic) bond motifs is 1. The lowest BCUT2D eigenvalue weighted by atomic mass is 9.87. The number of anilines is 1. The first-order valence-electron chi connectivity index (χ1n) is 10.4. The number of rotatable bonds is 7. The molecule has 0 saturated heterocycles. The Morgan fingerprint density at radius 3 is 2.61 bits per heavy atom.